The first-order valence-corrected chi connectivity index (χ1v) is 8.39. The first-order chi connectivity index (χ1) is 14.0. The number of carbonyl (C=O) groups excluding carboxylic acids is 2. The van der Waals surface area contributed by atoms with Crippen molar-refractivity contribution in [2.75, 3.05) is 0 Å². The number of rotatable bonds is 6. The Morgan fingerprint density at radius 1 is 1.17 bits per heavy atom. The van der Waals surface area contributed by atoms with Crippen molar-refractivity contribution in [3.05, 3.63) is 93.4 Å². The number of benzene rings is 2. The Morgan fingerprint density at radius 3 is 2.66 bits per heavy atom. The second kappa shape index (κ2) is 8.61. The molecular weight excluding hydrogens is 378 g/mol. The summed E-state index contributed by atoms with van der Waals surface area (Å²) in [6.07, 6.45) is 2.48. The molecule has 9 nitrogen and oxygen atoms in total. The number of furan rings is 1. The monoisotopic (exact) mass is 393 g/mol. The number of nitro benzene ring substituents is 1. The maximum absolute atomic E-state index is 12.5. The molecule has 0 aliphatic carbocycles. The molecule has 0 aliphatic heterocycles. The van der Waals surface area contributed by atoms with E-state index in [2.05, 4.69) is 10.5 Å². The average Bonchev–Trinajstić information content (AvgIpc) is 3.23. The lowest BCUT2D eigenvalue weighted by atomic mass is 10.1. The quantitative estimate of drug-likeness (QED) is 0.225. The number of ether oxygens (including phenoxy) is 1. The van der Waals surface area contributed by atoms with Crippen molar-refractivity contribution < 1.29 is 23.7 Å². The number of esters is 1. The molecule has 3 aromatic rings. The third-order valence-electron chi connectivity index (χ3n) is 3.78. The van der Waals surface area contributed by atoms with Gasteiger partial charge in [-0.1, -0.05) is 23.8 Å². The third kappa shape index (κ3) is 4.72. The first-order valence-electron chi connectivity index (χ1n) is 8.39. The fraction of sp³-hybridized carbons (Fsp3) is 0.0500. The highest BCUT2D eigenvalue weighted by atomic mass is 16.6. The van der Waals surface area contributed by atoms with Crippen molar-refractivity contribution >= 4 is 23.8 Å². The van der Waals surface area contributed by atoms with E-state index >= 15 is 0 Å². The van der Waals surface area contributed by atoms with Gasteiger partial charge in [0.25, 0.3) is 0 Å². The summed E-state index contributed by atoms with van der Waals surface area (Å²) in [6, 6.07) is 13.7. The van der Waals surface area contributed by atoms with Gasteiger partial charge in [-0.2, -0.15) is 5.10 Å². The zero-order valence-corrected chi connectivity index (χ0v) is 15.2. The third-order valence-corrected chi connectivity index (χ3v) is 3.78. The summed E-state index contributed by atoms with van der Waals surface area (Å²) in [5, 5.41) is 15.1. The average molecular weight is 393 g/mol. The summed E-state index contributed by atoms with van der Waals surface area (Å²) in [4.78, 5) is 35.0. The van der Waals surface area contributed by atoms with Crippen LogP contribution in [0.5, 0.6) is 5.75 Å². The molecule has 1 heterocycles. The normalized spacial score (nSPS) is 10.7. The molecule has 3 rings (SSSR count). The standard InChI is InChI=1S/C20H15N3O6/c1-13-5-2-6-14(11-13)20(25)29-18-15(7-3-8-16(18)23(26)27)12-21-22-19(24)17-9-4-10-28-17/h2-12H,1H3,(H,22,24)/b21-12+. The van der Waals surface area contributed by atoms with Gasteiger partial charge in [0.05, 0.1) is 23.0 Å². The van der Waals surface area contributed by atoms with Crippen molar-refractivity contribution in [2.45, 2.75) is 6.92 Å². The van der Waals surface area contributed by atoms with Crippen LogP contribution in [0.4, 0.5) is 5.69 Å². The number of aryl methyl sites for hydroxylation is 1. The Balaban J connectivity index is 1.86. The summed E-state index contributed by atoms with van der Waals surface area (Å²) in [6.45, 7) is 1.81. The highest BCUT2D eigenvalue weighted by Gasteiger charge is 2.22. The maximum Gasteiger partial charge on any atom is 0.343 e. The molecule has 146 valence electrons. The Bertz CT molecular complexity index is 1090. The minimum absolute atomic E-state index is 0.0484. The van der Waals surface area contributed by atoms with Crippen LogP contribution in [-0.2, 0) is 0 Å². The van der Waals surface area contributed by atoms with E-state index in [1.54, 1.807) is 24.3 Å². The molecular formula is C20H15N3O6. The van der Waals surface area contributed by atoms with E-state index < -0.39 is 22.5 Å². The lowest BCUT2D eigenvalue weighted by Gasteiger charge is -2.08. The predicted octanol–water partition coefficient (Wildman–Crippen LogP) is 3.48. The van der Waals surface area contributed by atoms with Crippen molar-refractivity contribution in [2.24, 2.45) is 5.10 Å². The summed E-state index contributed by atoms with van der Waals surface area (Å²) in [7, 11) is 0. The molecule has 0 saturated heterocycles. The highest BCUT2D eigenvalue weighted by Crippen LogP contribution is 2.30. The topological polar surface area (TPSA) is 124 Å². The fourth-order valence-corrected chi connectivity index (χ4v) is 2.45. The van der Waals surface area contributed by atoms with Crippen LogP contribution in [0.3, 0.4) is 0 Å². The maximum atomic E-state index is 12.5. The van der Waals surface area contributed by atoms with Crippen molar-refractivity contribution in [3.8, 4) is 5.75 Å². The number of hydrazone groups is 1. The van der Waals surface area contributed by atoms with Crippen LogP contribution < -0.4 is 10.2 Å². The number of hydrogen-bond acceptors (Lipinski definition) is 7. The van der Waals surface area contributed by atoms with Crippen molar-refractivity contribution in [1.82, 2.24) is 5.43 Å². The van der Waals surface area contributed by atoms with E-state index in [-0.39, 0.29) is 22.6 Å². The Labute approximate surface area is 164 Å². The van der Waals surface area contributed by atoms with Gasteiger partial charge in [-0.25, -0.2) is 10.2 Å². The van der Waals surface area contributed by atoms with Gasteiger partial charge in [-0.15, -0.1) is 0 Å². The van der Waals surface area contributed by atoms with Gasteiger partial charge in [-0.05, 0) is 37.3 Å². The van der Waals surface area contributed by atoms with Gasteiger partial charge >= 0.3 is 17.6 Å². The lowest BCUT2D eigenvalue weighted by molar-refractivity contribution is -0.385. The van der Waals surface area contributed by atoms with E-state index in [0.29, 0.717) is 0 Å². The zero-order chi connectivity index (χ0) is 20.8. The van der Waals surface area contributed by atoms with E-state index in [0.717, 1.165) is 11.8 Å². The van der Waals surface area contributed by atoms with Crippen LogP contribution in [0.1, 0.15) is 32.0 Å². The Kier molecular flexibility index (Phi) is 5.79. The summed E-state index contributed by atoms with van der Waals surface area (Å²) >= 11 is 0. The molecule has 2 aromatic carbocycles. The number of para-hydroxylation sites is 1. The van der Waals surface area contributed by atoms with E-state index in [1.807, 2.05) is 13.0 Å². The van der Waals surface area contributed by atoms with Gasteiger partial charge < -0.3 is 9.15 Å². The van der Waals surface area contributed by atoms with Crippen LogP contribution in [0, 0.1) is 17.0 Å². The zero-order valence-electron chi connectivity index (χ0n) is 15.2. The van der Waals surface area contributed by atoms with Gasteiger partial charge in [0, 0.05) is 11.6 Å². The van der Waals surface area contributed by atoms with Gasteiger partial charge in [0.2, 0.25) is 5.75 Å². The molecule has 0 bridgehead atoms. The van der Waals surface area contributed by atoms with Crippen molar-refractivity contribution in [1.29, 1.82) is 0 Å². The summed E-state index contributed by atoms with van der Waals surface area (Å²) < 4.78 is 10.2. The second-order valence-electron chi connectivity index (χ2n) is 5.89. The number of hydrogen-bond donors (Lipinski definition) is 1. The highest BCUT2D eigenvalue weighted by molar-refractivity contribution is 5.95. The second-order valence-corrected chi connectivity index (χ2v) is 5.89. The van der Waals surface area contributed by atoms with Gasteiger partial charge in [0.1, 0.15) is 0 Å². The summed E-state index contributed by atoms with van der Waals surface area (Å²) in [5.74, 6) is -1.58. The Hall–Kier alpha value is -4.27. The van der Waals surface area contributed by atoms with Crippen LogP contribution in [0.15, 0.2) is 70.4 Å². The SMILES string of the molecule is Cc1cccc(C(=O)Oc2c(/C=N/NC(=O)c3ccco3)cccc2[N+](=O)[O-])c1. The number of nitro groups is 1. The molecule has 0 atom stereocenters. The van der Waals surface area contributed by atoms with Crippen LogP contribution in [0.25, 0.3) is 0 Å². The van der Waals surface area contributed by atoms with Crippen molar-refractivity contribution in [3.63, 3.8) is 0 Å². The number of nitrogens with one attached hydrogen (secondary N) is 1. The molecule has 1 aromatic heterocycles. The summed E-state index contributed by atoms with van der Waals surface area (Å²) in [5.41, 5.74) is 3.04. The van der Waals surface area contributed by atoms with Crippen LogP contribution in [-0.4, -0.2) is 23.0 Å². The van der Waals surface area contributed by atoms with Crippen LogP contribution in [0.2, 0.25) is 0 Å². The van der Waals surface area contributed by atoms with Gasteiger partial charge in [0.15, 0.2) is 5.76 Å². The predicted molar refractivity (Wildman–Crippen MR) is 103 cm³/mol. The molecule has 0 spiro atoms. The number of nitrogens with zero attached hydrogens (tertiary/aromatic N) is 2. The van der Waals surface area contributed by atoms with E-state index in [1.165, 1.54) is 30.5 Å². The number of amides is 1. The molecule has 1 N–H and O–H groups in total. The largest absolute Gasteiger partial charge is 0.459 e. The minimum Gasteiger partial charge on any atom is -0.459 e. The lowest BCUT2D eigenvalue weighted by Crippen LogP contribution is -2.17. The van der Waals surface area contributed by atoms with E-state index in [9.17, 15) is 19.7 Å². The fourth-order valence-electron chi connectivity index (χ4n) is 2.45. The smallest absolute Gasteiger partial charge is 0.343 e. The first kappa shape index (κ1) is 19.5. The molecule has 0 unspecified atom stereocenters. The van der Waals surface area contributed by atoms with Gasteiger partial charge in [-0.3, -0.25) is 14.9 Å². The van der Waals surface area contributed by atoms with E-state index in [4.69, 9.17) is 9.15 Å². The van der Waals surface area contributed by atoms with Crippen LogP contribution >= 0.6 is 0 Å². The minimum atomic E-state index is -0.753. The Morgan fingerprint density at radius 2 is 1.97 bits per heavy atom. The molecule has 1 amide bonds. The molecule has 9 heteroatoms. The molecule has 0 aliphatic rings. The molecule has 0 saturated carbocycles. The molecule has 29 heavy (non-hydrogen) atoms. The molecule has 0 radical (unpaired) electrons. The molecule has 0 fully saturated rings. The number of carbonyl (C=O) groups is 2.